The van der Waals surface area contributed by atoms with Crippen LogP contribution in [-0.2, 0) is 11.3 Å². The Morgan fingerprint density at radius 2 is 1.65 bits per heavy atom. The zero-order chi connectivity index (χ0) is 18.4. The van der Waals surface area contributed by atoms with Crippen molar-refractivity contribution in [3.63, 3.8) is 0 Å². The van der Waals surface area contributed by atoms with E-state index < -0.39 is 0 Å². The molecule has 1 amide bonds. The van der Waals surface area contributed by atoms with Crippen molar-refractivity contribution in [2.45, 2.75) is 13.0 Å². The number of benzene rings is 2. The van der Waals surface area contributed by atoms with Gasteiger partial charge in [-0.2, -0.15) is 0 Å². The molecule has 0 saturated carbocycles. The number of rotatable bonds is 6. The van der Waals surface area contributed by atoms with Gasteiger partial charge >= 0.3 is 0 Å². The first-order valence-electron chi connectivity index (χ1n) is 9.12. The first-order valence-corrected chi connectivity index (χ1v) is 9.50. The fraction of sp³-hybridized carbons (Fsp3) is 0.381. The van der Waals surface area contributed by atoms with Crippen LogP contribution < -0.4 is 4.90 Å². The van der Waals surface area contributed by atoms with Crippen LogP contribution in [0.25, 0.3) is 0 Å². The fourth-order valence-electron chi connectivity index (χ4n) is 3.27. The quantitative estimate of drug-likeness (QED) is 0.777. The van der Waals surface area contributed by atoms with Crippen LogP contribution in [0.4, 0.5) is 5.69 Å². The number of anilines is 1. The summed E-state index contributed by atoms with van der Waals surface area (Å²) in [5.41, 5.74) is 2.38. The molecule has 1 fully saturated rings. The van der Waals surface area contributed by atoms with Crippen molar-refractivity contribution in [3.8, 4) is 0 Å². The molecule has 1 heterocycles. The van der Waals surface area contributed by atoms with Crippen molar-refractivity contribution in [2.24, 2.45) is 0 Å². The summed E-state index contributed by atoms with van der Waals surface area (Å²) in [6.07, 6.45) is 0.574. The Bertz CT molecular complexity index is 697. The number of hydrogen-bond acceptors (Lipinski definition) is 3. The molecule has 26 heavy (non-hydrogen) atoms. The maximum Gasteiger partial charge on any atom is 0.223 e. The van der Waals surface area contributed by atoms with Gasteiger partial charge in [0.25, 0.3) is 0 Å². The first kappa shape index (κ1) is 18.7. The Morgan fingerprint density at radius 1 is 1.00 bits per heavy atom. The highest BCUT2D eigenvalue weighted by atomic mass is 35.5. The molecule has 0 unspecified atom stereocenters. The lowest BCUT2D eigenvalue weighted by Crippen LogP contribution is -2.47. The van der Waals surface area contributed by atoms with Gasteiger partial charge in [-0.25, -0.2) is 0 Å². The minimum Gasteiger partial charge on any atom is -0.369 e. The molecule has 0 aliphatic carbocycles. The fourth-order valence-corrected chi connectivity index (χ4v) is 3.40. The maximum atomic E-state index is 12.4. The van der Waals surface area contributed by atoms with E-state index in [0.29, 0.717) is 13.0 Å². The summed E-state index contributed by atoms with van der Waals surface area (Å²) in [4.78, 5) is 18.9. The highest BCUT2D eigenvalue weighted by Gasteiger charge is 2.18. The van der Waals surface area contributed by atoms with Crippen LogP contribution in [0, 0.1) is 0 Å². The minimum absolute atomic E-state index is 0.203. The topological polar surface area (TPSA) is 26.8 Å². The van der Waals surface area contributed by atoms with Crippen LogP contribution in [-0.4, -0.2) is 55.5 Å². The molecular formula is C21H26ClN3O. The molecule has 5 heteroatoms. The van der Waals surface area contributed by atoms with Crippen LogP contribution >= 0.6 is 11.6 Å². The van der Waals surface area contributed by atoms with Crippen molar-refractivity contribution < 1.29 is 4.79 Å². The summed E-state index contributed by atoms with van der Waals surface area (Å²) in [7, 11) is 1.88. The molecule has 3 rings (SSSR count). The normalized spacial score (nSPS) is 15.1. The zero-order valence-corrected chi connectivity index (χ0v) is 16.0. The van der Waals surface area contributed by atoms with Crippen LogP contribution in [0.1, 0.15) is 12.0 Å². The number of piperazine rings is 1. The van der Waals surface area contributed by atoms with Gasteiger partial charge in [0, 0.05) is 63.4 Å². The van der Waals surface area contributed by atoms with Crippen LogP contribution in [0.15, 0.2) is 54.6 Å². The van der Waals surface area contributed by atoms with Gasteiger partial charge in [0.1, 0.15) is 0 Å². The van der Waals surface area contributed by atoms with Crippen molar-refractivity contribution in [3.05, 3.63) is 65.2 Å². The Morgan fingerprint density at radius 3 is 2.31 bits per heavy atom. The number of nitrogens with zero attached hydrogens (tertiary/aromatic N) is 3. The van der Waals surface area contributed by atoms with E-state index in [1.165, 1.54) is 11.3 Å². The summed E-state index contributed by atoms with van der Waals surface area (Å²) < 4.78 is 0. The second-order valence-corrected chi connectivity index (χ2v) is 7.23. The standard InChI is InChI=1S/C21H26ClN3O/c1-23(17-18-5-3-2-4-6-18)21(26)11-12-24-13-15-25(16-14-24)20-9-7-19(22)8-10-20/h2-10H,11-17H2,1H3. The molecule has 0 radical (unpaired) electrons. The molecule has 1 saturated heterocycles. The molecule has 1 aliphatic heterocycles. The lowest BCUT2D eigenvalue weighted by atomic mass is 10.2. The van der Waals surface area contributed by atoms with E-state index >= 15 is 0 Å². The van der Waals surface area contributed by atoms with Crippen molar-refractivity contribution in [2.75, 3.05) is 44.7 Å². The molecule has 4 nitrogen and oxygen atoms in total. The van der Waals surface area contributed by atoms with Gasteiger partial charge in [0.2, 0.25) is 5.91 Å². The Kier molecular flexibility index (Phi) is 6.53. The predicted molar refractivity (Wildman–Crippen MR) is 108 cm³/mol. The summed E-state index contributed by atoms with van der Waals surface area (Å²) in [5.74, 6) is 0.203. The second-order valence-electron chi connectivity index (χ2n) is 6.79. The summed E-state index contributed by atoms with van der Waals surface area (Å²) in [6.45, 7) is 5.43. The monoisotopic (exact) mass is 371 g/mol. The molecule has 0 bridgehead atoms. The van der Waals surface area contributed by atoms with E-state index in [9.17, 15) is 4.79 Å². The highest BCUT2D eigenvalue weighted by molar-refractivity contribution is 6.30. The molecule has 1 aliphatic rings. The number of carbonyl (C=O) groups excluding carboxylic acids is 1. The lowest BCUT2D eigenvalue weighted by molar-refractivity contribution is -0.130. The van der Waals surface area contributed by atoms with Crippen molar-refractivity contribution in [1.29, 1.82) is 0 Å². The van der Waals surface area contributed by atoms with Gasteiger partial charge in [-0.05, 0) is 29.8 Å². The van der Waals surface area contributed by atoms with E-state index in [2.05, 4.69) is 34.1 Å². The third-order valence-electron chi connectivity index (χ3n) is 4.89. The van der Waals surface area contributed by atoms with Gasteiger partial charge in [-0.1, -0.05) is 41.9 Å². The largest absolute Gasteiger partial charge is 0.369 e. The number of amides is 1. The molecule has 2 aromatic rings. The summed E-state index contributed by atoms with van der Waals surface area (Å²) in [5, 5.41) is 0.769. The van der Waals surface area contributed by atoms with Gasteiger partial charge in [-0.15, -0.1) is 0 Å². The third-order valence-corrected chi connectivity index (χ3v) is 5.15. The molecule has 2 aromatic carbocycles. The van der Waals surface area contributed by atoms with Gasteiger partial charge < -0.3 is 9.80 Å². The van der Waals surface area contributed by atoms with Gasteiger partial charge in [-0.3, -0.25) is 9.69 Å². The smallest absolute Gasteiger partial charge is 0.223 e. The second kappa shape index (κ2) is 9.06. The molecule has 0 atom stereocenters. The van der Waals surface area contributed by atoms with Gasteiger partial charge in [0.05, 0.1) is 0 Å². The first-order chi connectivity index (χ1) is 12.6. The number of halogens is 1. The van der Waals surface area contributed by atoms with E-state index in [-0.39, 0.29) is 5.91 Å². The third kappa shape index (κ3) is 5.23. The van der Waals surface area contributed by atoms with E-state index in [1.54, 1.807) is 0 Å². The average molecular weight is 372 g/mol. The molecule has 138 valence electrons. The Labute approximate surface area is 161 Å². The van der Waals surface area contributed by atoms with E-state index in [0.717, 1.165) is 37.7 Å². The lowest BCUT2D eigenvalue weighted by Gasteiger charge is -2.36. The molecule has 0 aromatic heterocycles. The summed E-state index contributed by atoms with van der Waals surface area (Å²) >= 11 is 5.96. The number of hydrogen-bond donors (Lipinski definition) is 0. The van der Waals surface area contributed by atoms with E-state index in [4.69, 9.17) is 11.6 Å². The minimum atomic E-state index is 0.203. The van der Waals surface area contributed by atoms with Crippen molar-refractivity contribution in [1.82, 2.24) is 9.80 Å². The SMILES string of the molecule is CN(Cc1ccccc1)C(=O)CCN1CCN(c2ccc(Cl)cc2)CC1. The molecule has 0 N–H and O–H groups in total. The average Bonchev–Trinajstić information content (AvgIpc) is 2.68. The zero-order valence-electron chi connectivity index (χ0n) is 15.3. The highest BCUT2D eigenvalue weighted by Crippen LogP contribution is 2.19. The van der Waals surface area contributed by atoms with Crippen LogP contribution in [0.3, 0.4) is 0 Å². The summed E-state index contributed by atoms with van der Waals surface area (Å²) in [6, 6.07) is 18.1. The predicted octanol–water partition coefficient (Wildman–Crippen LogP) is 3.51. The Balaban J connectivity index is 1.40. The molecule has 0 spiro atoms. The van der Waals surface area contributed by atoms with E-state index in [1.807, 2.05) is 42.3 Å². The van der Waals surface area contributed by atoms with Gasteiger partial charge in [0.15, 0.2) is 0 Å². The van der Waals surface area contributed by atoms with Crippen LogP contribution in [0.5, 0.6) is 0 Å². The molecular weight excluding hydrogens is 346 g/mol. The van der Waals surface area contributed by atoms with Crippen LogP contribution in [0.2, 0.25) is 5.02 Å². The maximum absolute atomic E-state index is 12.4. The Hall–Kier alpha value is -2.04. The van der Waals surface area contributed by atoms with Crippen molar-refractivity contribution >= 4 is 23.2 Å². The number of carbonyl (C=O) groups is 1.